The van der Waals surface area contributed by atoms with Crippen LogP contribution in [0, 0.1) is 0 Å². The molecule has 0 fully saturated rings. The molecule has 0 bridgehead atoms. The Bertz CT molecular complexity index is 605. The van der Waals surface area contributed by atoms with Gasteiger partial charge in [0.1, 0.15) is 12.2 Å². The summed E-state index contributed by atoms with van der Waals surface area (Å²) in [6, 6.07) is 0. The number of carbonyl (C=O) groups excluding carboxylic acids is 1. The summed E-state index contributed by atoms with van der Waals surface area (Å²) in [4.78, 5) is 13.3. The van der Waals surface area contributed by atoms with Crippen molar-refractivity contribution in [2.75, 3.05) is 19.6 Å². The highest BCUT2D eigenvalue weighted by Crippen LogP contribution is 2.26. The second kappa shape index (κ2) is 4.87. The average Bonchev–Trinajstić information content (AvgIpc) is 2.67. The van der Waals surface area contributed by atoms with E-state index in [0.29, 0.717) is 24.1 Å². The molecule has 0 aromatic carbocycles. The van der Waals surface area contributed by atoms with E-state index in [1.54, 1.807) is 0 Å². The molecule has 2 aliphatic heterocycles. The second-order valence-corrected chi connectivity index (χ2v) is 5.38. The van der Waals surface area contributed by atoms with Crippen LogP contribution in [-0.2, 0) is 19.5 Å². The molecule has 0 unspecified atom stereocenters. The lowest BCUT2D eigenvalue weighted by Crippen LogP contribution is -2.40. The van der Waals surface area contributed by atoms with Gasteiger partial charge in [0.25, 0.3) is 5.91 Å². The minimum atomic E-state index is -4.43. The lowest BCUT2D eigenvalue weighted by Gasteiger charge is -2.23. The predicted molar refractivity (Wildman–Crippen MR) is 68.7 cm³/mol. The number of aromatic nitrogens is 2. The Morgan fingerprint density at radius 2 is 2.10 bits per heavy atom. The van der Waals surface area contributed by atoms with Gasteiger partial charge in [0.2, 0.25) is 0 Å². The lowest BCUT2D eigenvalue weighted by molar-refractivity contribution is -0.139. The van der Waals surface area contributed by atoms with Gasteiger partial charge in [0.15, 0.2) is 0 Å². The van der Waals surface area contributed by atoms with E-state index in [1.165, 1.54) is 4.68 Å². The molecule has 0 spiro atoms. The van der Waals surface area contributed by atoms with Crippen LogP contribution in [0.1, 0.15) is 21.7 Å². The van der Waals surface area contributed by atoms with Crippen LogP contribution >= 0.6 is 0 Å². The molecule has 8 heteroatoms. The number of nitrogens with one attached hydrogen (secondary N) is 1. The highest BCUT2D eigenvalue weighted by molar-refractivity contribution is 5.95. The van der Waals surface area contributed by atoms with Gasteiger partial charge in [-0.15, -0.1) is 0 Å². The standard InChI is InChI=1S/C13H15F3N4O/c1-8-5-19(7-13(14,15)16)12(21)11-9-4-17-3-2-10(9)18-20(11)6-8/h17H,1-7H2. The van der Waals surface area contributed by atoms with Crippen LogP contribution in [0.2, 0.25) is 0 Å². The van der Waals surface area contributed by atoms with Crippen molar-refractivity contribution in [2.45, 2.75) is 25.7 Å². The minimum Gasteiger partial charge on any atom is -0.324 e. The van der Waals surface area contributed by atoms with Crippen LogP contribution in [0.3, 0.4) is 0 Å². The summed E-state index contributed by atoms with van der Waals surface area (Å²) in [5.41, 5.74) is 2.31. The first-order valence-electron chi connectivity index (χ1n) is 6.67. The molecule has 0 saturated carbocycles. The summed E-state index contributed by atoms with van der Waals surface area (Å²) < 4.78 is 39.5. The third-order valence-corrected chi connectivity index (χ3v) is 3.62. The molecule has 1 amide bonds. The summed E-state index contributed by atoms with van der Waals surface area (Å²) in [6.45, 7) is 3.89. The van der Waals surface area contributed by atoms with E-state index < -0.39 is 18.6 Å². The normalized spacial score (nSPS) is 19.3. The quantitative estimate of drug-likeness (QED) is 0.790. The van der Waals surface area contributed by atoms with Gasteiger partial charge in [-0.1, -0.05) is 6.58 Å². The largest absolute Gasteiger partial charge is 0.406 e. The molecule has 21 heavy (non-hydrogen) atoms. The first-order chi connectivity index (χ1) is 9.85. The van der Waals surface area contributed by atoms with Crippen molar-refractivity contribution < 1.29 is 18.0 Å². The Kier molecular flexibility index (Phi) is 3.27. The van der Waals surface area contributed by atoms with E-state index >= 15 is 0 Å². The van der Waals surface area contributed by atoms with Gasteiger partial charge in [-0.05, 0) is 5.57 Å². The number of carbonyl (C=O) groups is 1. The second-order valence-electron chi connectivity index (χ2n) is 5.38. The molecule has 1 aromatic rings. The molecule has 1 aromatic heterocycles. The summed E-state index contributed by atoms with van der Waals surface area (Å²) in [6.07, 6.45) is -3.75. The predicted octanol–water partition coefficient (Wildman–Crippen LogP) is 1.10. The van der Waals surface area contributed by atoms with E-state index in [9.17, 15) is 18.0 Å². The van der Waals surface area contributed by atoms with Crippen molar-refractivity contribution in [3.8, 4) is 0 Å². The van der Waals surface area contributed by atoms with E-state index in [-0.39, 0.29) is 18.8 Å². The highest BCUT2D eigenvalue weighted by Gasteiger charge is 2.37. The Hall–Kier alpha value is -1.83. The Labute approximate surface area is 119 Å². The Balaban J connectivity index is 2.02. The van der Waals surface area contributed by atoms with Crippen LogP contribution < -0.4 is 5.32 Å². The summed E-state index contributed by atoms with van der Waals surface area (Å²) >= 11 is 0. The molecule has 3 heterocycles. The molecular formula is C13H15F3N4O. The zero-order valence-electron chi connectivity index (χ0n) is 11.3. The first kappa shape index (κ1) is 14.1. The fourth-order valence-electron chi connectivity index (χ4n) is 2.81. The van der Waals surface area contributed by atoms with E-state index in [0.717, 1.165) is 17.1 Å². The zero-order chi connectivity index (χ0) is 15.2. The summed E-state index contributed by atoms with van der Waals surface area (Å²) in [7, 11) is 0. The number of hydrogen-bond acceptors (Lipinski definition) is 3. The Morgan fingerprint density at radius 3 is 2.81 bits per heavy atom. The van der Waals surface area contributed by atoms with Crippen LogP contribution in [-0.4, -0.2) is 46.4 Å². The zero-order valence-corrected chi connectivity index (χ0v) is 11.3. The molecule has 5 nitrogen and oxygen atoms in total. The van der Waals surface area contributed by atoms with Crippen LogP contribution in [0.25, 0.3) is 0 Å². The molecule has 2 aliphatic rings. The van der Waals surface area contributed by atoms with Gasteiger partial charge < -0.3 is 10.2 Å². The number of fused-ring (bicyclic) bond motifs is 3. The van der Waals surface area contributed by atoms with Crippen molar-refractivity contribution in [1.29, 1.82) is 0 Å². The van der Waals surface area contributed by atoms with Gasteiger partial charge in [0, 0.05) is 31.6 Å². The Morgan fingerprint density at radius 1 is 1.33 bits per heavy atom. The van der Waals surface area contributed by atoms with Crippen LogP contribution in [0.5, 0.6) is 0 Å². The van der Waals surface area contributed by atoms with Crippen LogP contribution in [0.15, 0.2) is 12.2 Å². The van der Waals surface area contributed by atoms with Gasteiger partial charge in [-0.25, -0.2) is 0 Å². The van der Waals surface area contributed by atoms with E-state index in [2.05, 4.69) is 17.0 Å². The topological polar surface area (TPSA) is 50.2 Å². The van der Waals surface area contributed by atoms with Crippen molar-refractivity contribution >= 4 is 5.91 Å². The monoisotopic (exact) mass is 300 g/mol. The van der Waals surface area contributed by atoms with Crippen molar-refractivity contribution in [1.82, 2.24) is 20.0 Å². The fraction of sp³-hybridized carbons (Fsp3) is 0.538. The van der Waals surface area contributed by atoms with Crippen molar-refractivity contribution in [3.05, 3.63) is 29.1 Å². The molecular weight excluding hydrogens is 285 g/mol. The summed E-state index contributed by atoms with van der Waals surface area (Å²) in [5, 5.41) is 7.49. The number of nitrogens with zero attached hydrogens (tertiary/aromatic N) is 3. The first-order valence-corrected chi connectivity index (χ1v) is 6.67. The number of amides is 1. The molecule has 0 atom stereocenters. The smallest absolute Gasteiger partial charge is 0.324 e. The number of rotatable bonds is 1. The SMILES string of the molecule is C=C1CN(CC(F)(F)F)C(=O)c2c3c(nn2C1)CCNC3. The maximum atomic E-state index is 12.7. The van der Waals surface area contributed by atoms with Gasteiger partial charge in [-0.3, -0.25) is 9.48 Å². The third-order valence-electron chi connectivity index (χ3n) is 3.62. The third kappa shape index (κ3) is 2.67. The van der Waals surface area contributed by atoms with Gasteiger partial charge in [-0.2, -0.15) is 18.3 Å². The van der Waals surface area contributed by atoms with Crippen molar-refractivity contribution in [2.24, 2.45) is 0 Å². The van der Waals surface area contributed by atoms with Crippen LogP contribution in [0.4, 0.5) is 13.2 Å². The molecule has 114 valence electrons. The van der Waals surface area contributed by atoms with E-state index in [1.807, 2.05) is 0 Å². The lowest BCUT2D eigenvalue weighted by atomic mass is 10.1. The molecule has 0 radical (unpaired) electrons. The maximum Gasteiger partial charge on any atom is 0.406 e. The summed E-state index contributed by atoms with van der Waals surface area (Å²) in [5.74, 6) is -0.622. The maximum absolute atomic E-state index is 12.7. The number of alkyl halides is 3. The average molecular weight is 300 g/mol. The fourth-order valence-corrected chi connectivity index (χ4v) is 2.81. The minimum absolute atomic E-state index is 0.0933. The van der Waals surface area contributed by atoms with E-state index in [4.69, 9.17) is 0 Å². The highest BCUT2D eigenvalue weighted by atomic mass is 19.4. The molecule has 0 aliphatic carbocycles. The molecule has 3 rings (SSSR count). The van der Waals surface area contributed by atoms with Crippen molar-refractivity contribution in [3.63, 3.8) is 0 Å². The van der Waals surface area contributed by atoms with Gasteiger partial charge in [0.05, 0.1) is 12.2 Å². The number of halogens is 3. The molecule has 0 saturated heterocycles. The molecule has 1 N–H and O–H groups in total. The number of hydrogen-bond donors (Lipinski definition) is 1. The van der Waals surface area contributed by atoms with Gasteiger partial charge >= 0.3 is 6.18 Å².